The average molecular weight is 268 g/mol. The molecular weight excluding hydrogens is 244 g/mol. The van der Waals surface area contributed by atoms with Crippen LogP contribution in [0.2, 0.25) is 0 Å². The van der Waals surface area contributed by atoms with Crippen LogP contribution in [-0.4, -0.2) is 25.2 Å². The van der Waals surface area contributed by atoms with Gasteiger partial charge in [-0.3, -0.25) is 0 Å². The molecule has 0 saturated heterocycles. The molecule has 1 aromatic rings. The summed E-state index contributed by atoms with van der Waals surface area (Å²) < 4.78 is 5.14. The van der Waals surface area contributed by atoms with E-state index in [9.17, 15) is 0 Å². The Morgan fingerprint density at radius 2 is 2.44 bits per heavy atom. The van der Waals surface area contributed by atoms with E-state index in [1.807, 2.05) is 6.20 Å². The third-order valence-corrected chi connectivity index (χ3v) is 4.69. The van der Waals surface area contributed by atoms with E-state index in [4.69, 9.17) is 4.74 Å². The predicted octanol–water partition coefficient (Wildman–Crippen LogP) is 3.25. The van der Waals surface area contributed by atoms with Gasteiger partial charge in [-0.2, -0.15) is 0 Å². The minimum Gasteiger partial charge on any atom is -0.383 e. The van der Waals surface area contributed by atoms with Crippen molar-refractivity contribution in [3.63, 3.8) is 0 Å². The van der Waals surface area contributed by atoms with Gasteiger partial charge in [-0.15, -0.1) is 11.3 Å². The van der Waals surface area contributed by atoms with E-state index in [0.717, 1.165) is 25.0 Å². The summed E-state index contributed by atoms with van der Waals surface area (Å²) >= 11 is 1.77. The van der Waals surface area contributed by atoms with Gasteiger partial charge in [0.25, 0.3) is 0 Å². The third-order valence-electron chi connectivity index (χ3n) is 3.84. The summed E-state index contributed by atoms with van der Waals surface area (Å²) in [6.45, 7) is 4.05. The van der Waals surface area contributed by atoms with E-state index in [1.54, 1.807) is 18.4 Å². The minimum absolute atomic E-state index is 0.419. The molecule has 102 valence electrons. The van der Waals surface area contributed by atoms with Crippen molar-refractivity contribution in [2.75, 3.05) is 20.3 Å². The van der Waals surface area contributed by atoms with Crippen LogP contribution in [0.15, 0.2) is 11.6 Å². The summed E-state index contributed by atoms with van der Waals surface area (Å²) in [7, 11) is 1.75. The highest BCUT2D eigenvalue weighted by atomic mass is 32.1. The summed E-state index contributed by atoms with van der Waals surface area (Å²) in [5, 5.41) is 6.95. The van der Waals surface area contributed by atoms with Gasteiger partial charge in [0, 0.05) is 25.2 Å². The van der Waals surface area contributed by atoms with E-state index >= 15 is 0 Å². The van der Waals surface area contributed by atoms with Gasteiger partial charge in [0.1, 0.15) is 5.01 Å². The molecule has 2 rings (SSSR count). The summed E-state index contributed by atoms with van der Waals surface area (Å²) in [5.41, 5.74) is 0. The van der Waals surface area contributed by atoms with Crippen LogP contribution in [0.3, 0.4) is 0 Å². The summed E-state index contributed by atoms with van der Waals surface area (Å²) in [6.07, 6.45) is 7.31. The van der Waals surface area contributed by atoms with Crippen LogP contribution >= 0.6 is 11.3 Å². The molecular formula is C14H24N2OS. The first-order valence-corrected chi connectivity index (χ1v) is 7.81. The molecule has 3 atom stereocenters. The van der Waals surface area contributed by atoms with Crippen LogP contribution in [0.5, 0.6) is 0 Å². The third kappa shape index (κ3) is 3.77. The molecule has 0 bridgehead atoms. The van der Waals surface area contributed by atoms with Crippen LogP contribution in [0.4, 0.5) is 0 Å². The second-order valence-corrected chi connectivity index (χ2v) is 6.25. The number of hydrogen-bond donors (Lipinski definition) is 1. The van der Waals surface area contributed by atoms with Crippen molar-refractivity contribution >= 4 is 11.3 Å². The highest BCUT2D eigenvalue weighted by Crippen LogP contribution is 2.37. The van der Waals surface area contributed by atoms with Gasteiger partial charge >= 0.3 is 0 Å². The molecule has 1 N–H and O–H groups in total. The van der Waals surface area contributed by atoms with Crippen LogP contribution < -0.4 is 5.32 Å². The van der Waals surface area contributed by atoms with Gasteiger partial charge in [-0.25, -0.2) is 4.98 Å². The second-order valence-electron chi connectivity index (χ2n) is 5.33. The Morgan fingerprint density at radius 3 is 3.11 bits per heavy atom. The maximum atomic E-state index is 5.14. The van der Waals surface area contributed by atoms with Gasteiger partial charge in [0.05, 0.1) is 12.6 Å². The Balaban J connectivity index is 1.99. The first-order chi connectivity index (χ1) is 8.81. The van der Waals surface area contributed by atoms with Crippen molar-refractivity contribution in [1.29, 1.82) is 0 Å². The highest BCUT2D eigenvalue weighted by Gasteiger charge is 2.28. The lowest BCUT2D eigenvalue weighted by molar-refractivity contribution is 0.177. The molecule has 4 heteroatoms. The largest absolute Gasteiger partial charge is 0.383 e. The minimum atomic E-state index is 0.419. The molecule has 1 heterocycles. The van der Waals surface area contributed by atoms with Gasteiger partial charge in [-0.05, 0) is 24.7 Å². The Morgan fingerprint density at radius 1 is 1.56 bits per heavy atom. The zero-order valence-electron chi connectivity index (χ0n) is 11.4. The zero-order chi connectivity index (χ0) is 12.8. The van der Waals surface area contributed by atoms with E-state index in [2.05, 4.69) is 22.6 Å². The molecule has 1 saturated carbocycles. The fourth-order valence-corrected chi connectivity index (χ4v) is 3.75. The van der Waals surface area contributed by atoms with Crippen molar-refractivity contribution in [3.8, 4) is 0 Å². The summed E-state index contributed by atoms with van der Waals surface area (Å²) in [4.78, 5) is 4.51. The van der Waals surface area contributed by atoms with E-state index in [1.165, 1.54) is 30.7 Å². The van der Waals surface area contributed by atoms with Crippen molar-refractivity contribution < 1.29 is 4.74 Å². The summed E-state index contributed by atoms with van der Waals surface area (Å²) in [6, 6.07) is 0.419. The zero-order valence-corrected chi connectivity index (χ0v) is 12.2. The van der Waals surface area contributed by atoms with Crippen LogP contribution in [0.1, 0.15) is 43.7 Å². The Kier molecular flexibility index (Phi) is 5.60. The lowest BCUT2D eigenvalue weighted by atomic mass is 9.78. The van der Waals surface area contributed by atoms with E-state index in [0.29, 0.717) is 6.04 Å². The number of methoxy groups -OCH3 is 1. The lowest BCUT2D eigenvalue weighted by Gasteiger charge is -2.32. The predicted molar refractivity (Wildman–Crippen MR) is 75.9 cm³/mol. The summed E-state index contributed by atoms with van der Waals surface area (Å²) in [5.74, 6) is 1.59. The fourth-order valence-electron chi connectivity index (χ4n) is 2.94. The number of aromatic nitrogens is 1. The van der Waals surface area contributed by atoms with Gasteiger partial charge in [0.2, 0.25) is 0 Å². The van der Waals surface area contributed by atoms with Gasteiger partial charge in [-0.1, -0.05) is 19.8 Å². The Hall–Kier alpha value is -0.450. The van der Waals surface area contributed by atoms with Crippen molar-refractivity contribution in [3.05, 3.63) is 16.6 Å². The van der Waals surface area contributed by atoms with Crippen LogP contribution in [-0.2, 0) is 4.74 Å². The van der Waals surface area contributed by atoms with Crippen LogP contribution in [0, 0.1) is 11.8 Å². The molecule has 1 aliphatic rings. The van der Waals surface area contributed by atoms with Crippen molar-refractivity contribution in [2.45, 2.75) is 38.6 Å². The maximum Gasteiger partial charge on any atom is 0.110 e. The number of nitrogens with one attached hydrogen (secondary N) is 1. The molecule has 0 aromatic carbocycles. The SMILES string of the molecule is COCCNC(c1nccs1)C1CCCC(C)C1. The quantitative estimate of drug-likeness (QED) is 0.804. The highest BCUT2D eigenvalue weighted by molar-refractivity contribution is 7.09. The lowest BCUT2D eigenvalue weighted by Crippen LogP contribution is -2.33. The number of hydrogen-bond acceptors (Lipinski definition) is 4. The van der Waals surface area contributed by atoms with E-state index in [-0.39, 0.29) is 0 Å². The molecule has 3 nitrogen and oxygen atoms in total. The second kappa shape index (κ2) is 7.22. The standard InChI is InChI=1S/C14H24N2OS/c1-11-4-3-5-12(10-11)13(15-6-8-17-2)14-16-7-9-18-14/h7,9,11-13,15H,3-6,8,10H2,1-2H3. The molecule has 3 unspecified atom stereocenters. The number of nitrogens with zero attached hydrogens (tertiary/aromatic N) is 1. The first-order valence-electron chi connectivity index (χ1n) is 6.93. The Bertz CT molecular complexity index is 329. The van der Waals surface area contributed by atoms with Crippen LogP contribution in [0.25, 0.3) is 0 Å². The molecule has 18 heavy (non-hydrogen) atoms. The smallest absolute Gasteiger partial charge is 0.110 e. The van der Waals surface area contributed by atoms with Crippen molar-refractivity contribution in [2.24, 2.45) is 11.8 Å². The molecule has 0 aliphatic heterocycles. The molecule has 0 spiro atoms. The molecule has 1 fully saturated rings. The fraction of sp³-hybridized carbons (Fsp3) is 0.786. The maximum absolute atomic E-state index is 5.14. The number of ether oxygens (including phenoxy) is 1. The monoisotopic (exact) mass is 268 g/mol. The van der Waals surface area contributed by atoms with Gasteiger partial charge < -0.3 is 10.1 Å². The van der Waals surface area contributed by atoms with E-state index < -0.39 is 0 Å². The normalized spacial score (nSPS) is 26.1. The topological polar surface area (TPSA) is 34.1 Å². The average Bonchev–Trinajstić information content (AvgIpc) is 2.88. The van der Waals surface area contributed by atoms with Crippen molar-refractivity contribution in [1.82, 2.24) is 10.3 Å². The Labute approximate surface area is 114 Å². The molecule has 0 radical (unpaired) electrons. The molecule has 0 amide bonds. The molecule has 1 aromatic heterocycles. The first kappa shape index (κ1) is 14.0. The van der Waals surface area contributed by atoms with Gasteiger partial charge in [0.15, 0.2) is 0 Å². The number of rotatable bonds is 6. The molecule has 1 aliphatic carbocycles. The number of thiazole rings is 1.